The van der Waals surface area contributed by atoms with Crippen LogP contribution < -0.4 is 16.4 Å². The maximum absolute atomic E-state index is 7.12. The fraction of sp³-hybridized carbons (Fsp3) is 0.333. The Morgan fingerprint density at radius 2 is 2.18 bits per heavy atom. The van der Waals surface area contributed by atoms with Gasteiger partial charge in [-0.25, -0.2) is 0 Å². The summed E-state index contributed by atoms with van der Waals surface area (Å²) in [6, 6.07) is 6.14. The molecule has 1 rings (SSSR count). The summed E-state index contributed by atoms with van der Waals surface area (Å²) in [6.07, 6.45) is 2.07. The average molecular weight is 250 g/mol. The number of benzene rings is 1. The smallest absolute Gasteiger partial charge is 0.192 e. The number of hydrogen-bond acceptors (Lipinski definition) is 2. The van der Waals surface area contributed by atoms with Crippen LogP contribution in [0, 0.1) is 12.3 Å². The minimum Gasteiger partial charge on any atom is -0.370 e. The van der Waals surface area contributed by atoms with Crippen LogP contribution >= 0.6 is 12.2 Å². The van der Waals surface area contributed by atoms with Crippen LogP contribution in [0.4, 0.5) is 5.69 Å². The van der Waals surface area contributed by atoms with E-state index >= 15 is 0 Å². The quantitative estimate of drug-likeness (QED) is 0.377. The number of guanidine groups is 1. The molecule has 5 heteroatoms. The van der Waals surface area contributed by atoms with Gasteiger partial charge in [0.15, 0.2) is 11.1 Å². The van der Waals surface area contributed by atoms with Crippen molar-refractivity contribution >= 4 is 29.0 Å². The zero-order valence-corrected chi connectivity index (χ0v) is 10.9. The van der Waals surface area contributed by atoms with Gasteiger partial charge in [-0.15, -0.1) is 0 Å². The van der Waals surface area contributed by atoms with E-state index in [0.29, 0.717) is 5.11 Å². The first-order valence-corrected chi connectivity index (χ1v) is 5.96. The van der Waals surface area contributed by atoms with Gasteiger partial charge in [0.2, 0.25) is 0 Å². The van der Waals surface area contributed by atoms with Crippen LogP contribution in [0.5, 0.6) is 0 Å². The van der Waals surface area contributed by atoms with Crippen molar-refractivity contribution in [2.45, 2.75) is 26.7 Å². The Morgan fingerprint density at radius 1 is 1.47 bits per heavy atom. The van der Waals surface area contributed by atoms with Gasteiger partial charge in [0.05, 0.1) is 0 Å². The summed E-state index contributed by atoms with van der Waals surface area (Å²) >= 11 is 5.07. The monoisotopic (exact) mass is 250 g/mol. The molecule has 5 N–H and O–H groups in total. The summed E-state index contributed by atoms with van der Waals surface area (Å²) in [5.41, 5.74) is 8.58. The van der Waals surface area contributed by atoms with E-state index in [1.807, 2.05) is 19.1 Å². The van der Waals surface area contributed by atoms with Crippen molar-refractivity contribution in [3.05, 3.63) is 29.3 Å². The summed E-state index contributed by atoms with van der Waals surface area (Å²) in [6.45, 7) is 4.16. The van der Waals surface area contributed by atoms with Gasteiger partial charge in [0.25, 0.3) is 0 Å². The molecule has 0 saturated heterocycles. The van der Waals surface area contributed by atoms with Crippen LogP contribution in [-0.4, -0.2) is 11.1 Å². The first-order chi connectivity index (χ1) is 8.04. The molecule has 0 radical (unpaired) electrons. The van der Waals surface area contributed by atoms with Crippen LogP contribution in [0.25, 0.3) is 0 Å². The van der Waals surface area contributed by atoms with Crippen LogP contribution in [0.2, 0.25) is 0 Å². The third-order valence-electron chi connectivity index (χ3n) is 2.37. The van der Waals surface area contributed by atoms with Crippen LogP contribution in [0.1, 0.15) is 24.5 Å². The fourth-order valence-corrected chi connectivity index (χ4v) is 1.86. The van der Waals surface area contributed by atoms with Crippen LogP contribution in [0.15, 0.2) is 18.2 Å². The second-order valence-corrected chi connectivity index (χ2v) is 4.26. The SMILES string of the molecule is CCCc1cccc(C)c1NC(=S)NC(=N)N. The second kappa shape index (κ2) is 6.20. The third kappa shape index (κ3) is 4.03. The molecule has 0 aliphatic rings. The van der Waals surface area contributed by atoms with Gasteiger partial charge in [0.1, 0.15) is 0 Å². The first kappa shape index (κ1) is 13.4. The highest BCUT2D eigenvalue weighted by Gasteiger charge is 2.06. The number of nitrogens with one attached hydrogen (secondary N) is 3. The highest BCUT2D eigenvalue weighted by atomic mass is 32.1. The van der Waals surface area contributed by atoms with Gasteiger partial charge in [-0.1, -0.05) is 31.5 Å². The molecule has 0 amide bonds. The molecule has 0 bridgehead atoms. The third-order valence-corrected chi connectivity index (χ3v) is 2.57. The molecular formula is C12H18N4S. The van der Waals surface area contributed by atoms with Crippen molar-refractivity contribution < 1.29 is 0 Å². The Balaban J connectivity index is 2.88. The Labute approximate surface area is 107 Å². The second-order valence-electron chi connectivity index (χ2n) is 3.85. The molecule has 0 saturated carbocycles. The predicted octanol–water partition coefficient (Wildman–Crippen LogP) is 2.13. The summed E-state index contributed by atoms with van der Waals surface area (Å²) in [5, 5.41) is 13.1. The minimum absolute atomic E-state index is 0.159. The zero-order valence-electron chi connectivity index (χ0n) is 10.1. The van der Waals surface area contributed by atoms with Crippen molar-refractivity contribution in [2.75, 3.05) is 5.32 Å². The summed E-state index contributed by atoms with van der Waals surface area (Å²) in [5.74, 6) is -0.159. The van der Waals surface area contributed by atoms with E-state index in [-0.39, 0.29) is 5.96 Å². The highest BCUT2D eigenvalue weighted by molar-refractivity contribution is 7.80. The van der Waals surface area contributed by atoms with Gasteiger partial charge in [-0.2, -0.15) is 0 Å². The maximum Gasteiger partial charge on any atom is 0.192 e. The van der Waals surface area contributed by atoms with Crippen molar-refractivity contribution in [3.8, 4) is 0 Å². The Hall–Kier alpha value is -1.62. The number of rotatable bonds is 3. The Kier molecular flexibility index (Phi) is 4.90. The lowest BCUT2D eigenvalue weighted by atomic mass is 10.0. The molecule has 17 heavy (non-hydrogen) atoms. The standard InChI is InChI=1S/C12H18N4S/c1-3-5-9-7-4-6-8(2)10(9)15-12(17)16-11(13)14/h4,6-7H,3,5H2,1-2H3,(H5,13,14,15,16,17). The molecular weight excluding hydrogens is 232 g/mol. The van der Waals surface area contributed by atoms with Crippen LogP contribution in [0.3, 0.4) is 0 Å². The number of nitrogens with two attached hydrogens (primary N) is 1. The van der Waals surface area contributed by atoms with Crippen molar-refractivity contribution in [3.63, 3.8) is 0 Å². The van der Waals surface area contributed by atoms with E-state index in [9.17, 15) is 0 Å². The lowest BCUT2D eigenvalue weighted by Crippen LogP contribution is -2.38. The minimum atomic E-state index is -0.159. The number of anilines is 1. The molecule has 1 aromatic rings. The molecule has 4 nitrogen and oxygen atoms in total. The van der Waals surface area contributed by atoms with Gasteiger partial charge in [-0.3, -0.25) is 5.41 Å². The average Bonchev–Trinajstić information content (AvgIpc) is 2.22. The van der Waals surface area contributed by atoms with Gasteiger partial charge >= 0.3 is 0 Å². The van der Waals surface area contributed by atoms with Crippen molar-refractivity contribution in [1.29, 1.82) is 5.41 Å². The first-order valence-electron chi connectivity index (χ1n) is 5.55. The van der Waals surface area contributed by atoms with E-state index in [1.165, 1.54) is 5.56 Å². The number of para-hydroxylation sites is 1. The van der Waals surface area contributed by atoms with E-state index in [4.69, 9.17) is 23.4 Å². The topological polar surface area (TPSA) is 73.9 Å². The van der Waals surface area contributed by atoms with Crippen LogP contribution in [-0.2, 0) is 6.42 Å². The molecule has 0 unspecified atom stereocenters. The fourth-order valence-electron chi connectivity index (χ4n) is 1.65. The van der Waals surface area contributed by atoms with E-state index in [2.05, 4.69) is 23.6 Å². The molecule has 0 aliphatic carbocycles. The predicted molar refractivity (Wildman–Crippen MR) is 76.4 cm³/mol. The highest BCUT2D eigenvalue weighted by Crippen LogP contribution is 2.21. The normalized spacial score (nSPS) is 9.76. The summed E-state index contributed by atoms with van der Waals surface area (Å²) in [4.78, 5) is 0. The Morgan fingerprint density at radius 3 is 2.76 bits per heavy atom. The van der Waals surface area contributed by atoms with E-state index in [1.54, 1.807) is 0 Å². The lowest BCUT2D eigenvalue weighted by molar-refractivity contribution is 0.922. The molecule has 0 aliphatic heterocycles. The summed E-state index contributed by atoms with van der Waals surface area (Å²) in [7, 11) is 0. The summed E-state index contributed by atoms with van der Waals surface area (Å²) < 4.78 is 0. The van der Waals surface area contributed by atoms with Crippen molar-refractivity contribution in [1.82, 2.24) is 5.32 Å². The van der Waals surface area contributed by atoms with Crippen molar-refractivity contribution in [2.24, 2.45) is 5.73 Å². The van der Waals surface area contributed by atoms with Gasteiger partial charge < -0.3 is 16.4 Å². The lowest BCUT2D eigenvalue weighted by Gasteiger charge is -2.15. The molecule has 0 aromatic heterocycles. The largest absolute Gasteiger partial charge is 0.370 e. The van der Waals surface area contributed by atoms with Gasteiger partial charge in [0, 0.05) is 5.69 Å². The molecule has 92 valence electrons. The molecule has 0 spiro atoms. The Bertz CT molecular complexity index is 429. The van der Waals surface area contributed by atoms with E-state index < -0.39 is 0 Å². The molecule has 0 atom stereocenters. The molecule has 0 heterocycles. The number of aryl methyl sites for hydroxylation is 2. The number of thiocarbonyl (C=S) groups is 1. The van der Waals surface area contributed by atoms with Gasteiger partial charge in [-0.05, 0) is 36.7 Å². The molecule has 0 fully saturated rings. The maximum atomic E-state index is 7.12. The van der Waals surface area contributed by atoms with E-state index in [0.717, 1.165) is 24.1 Å². The number of hydrogen-bond donors (Lipinski definition) is 4. The zero-order chi connectivity index (χ0) is 12.8. The molecule has 1 aromatic carbocycles.